The van der Waals surface area contributed by atoms with Gasteiger partial charge in [-0.25, -0.2) is 4.98 Å². The van der Waals surface area contributed by atoms with E-state index in [1.807, 2.05) is 14.1 Å². The topological polar surface area (TPSA) is 63.2 Å². The summed E-state index contributed by atoms with van der Waals surface area (Å²) in [4.78, 5) is 12.0. The molecule has 7 nitrogen and oxygen atoms in total. The van der Waals surface area contributed by atoms with Gasteiger partial charge >= 0.3 is 6.18 Å². The molecule has 0 saturated carbocycles. The van der Waals surface area contributed by atoms with Crippen LogP contribution in [0.1, 0.15) is 36.2 Å². The zero-order valence-corrected chi connectivity index (χ0v) is 14.4. The Morgan fingerprint density at radius 3 is 2.68 bits per heavy atom. The highest BCUT2D eigenvalue weighted by molar-refractivity contribution is 5.23. The molecular weight excluding hydrogens is 337 g/mol. The number of halogens is 3. The lowest BCUT2D eigenvalue weighted by atomic mass is 9.97. The van der Waals surface area contributed by atoms with Crippen molar-refractivity contribution in [2.24, 2.45) is 7.05 Å². The van der Waals surface area contributed by atoms with Gasteiger partial charge in [-0.15, -0.1) is 0 Å². The molecule has 3 heterocycles. The van der Waals surface area contributed by atoms with Crippen molar-refractivity contribution in [3.8, 4) is 0 Å². The zero-order valence-electron chi connectivity index (χ0n) is 14.4. The van der Waals surface area contributed by atoms with Crippen LogP contribution in [0.15, 0.2) is 10.7 Å². The summed E-state index contributed by atoms with van der Waals surface area (Å²) in [6, 6.07) is 0. The smallest absolute Gasteiger partial charge is 0.344 e. The van der Waals surface area contributed by atoms with Gasteiger partial charge in [0.1, 0.15) is 5.82 Å². The molecule has 25 heavy (non-hydrogen) atoms. The molecule has 2 aromatic heterocycles. The van der Waals surface area contributed by atoms with Gasteiger partial charge in [0.2, 0.25) is 5.89 Å². The molecule has 0 aromatic carbocycles. The fraction of sp³-hybridized carbons (Fsp3) is 0.667. The zero-order chi connectivity index (χ0) is 18.2. The summed E-state index contributed by atoms with van der Waals surface area (Å²) in [6.45, 7) is 1.93. The van der Waals surface area contributed by atoms with Crippen molar-refractivity contribution in [2.45, 2.75) is 31.5 Å². The lowest BCUT2D eigenvalue weighted by molar-refractivity contribution is -0.141. The molecule has 10 heteroatoms. The summed E-state index contributed by atoms with van der Waals surface area (Å²) < 4.78 is 45.3. The molecule has 1 atom stereocenters. The van der Waals surface area contributed by atoms with Crippen molar-refractivity contribution < 1.29 is 17.7 Å². The molecule has 0 bridgehead atoms. The lowest BCUT2D eigenvalue weighted by Gasteiger charge is -2.31. The summed E-state index contributed by atoms with van der Waals surface area (Å²) in [5, 5.41) is 3.87. The second-order valence-electron chi connectivity index (χ2n) is 6.55. The Kier molecular flexibility index (Phi) is 4.72. The van der Waals surface area contributed by atoms with Crippen LogP contribution in [-0.2, 0) is 19.8 Å². The fourth-order valence-electron chi connectivity index (χ4n) is 3.09. The van der Waals surface area contributed by atoms with Gasteiger partial charge in [0.15, 0.2) is 5.69 Å². The van der Waals surface area contributed by atoms with Gasteiger partial charge in [-0.1, -0.05) is 0 Å². The maximum atomic E-state index is 12.9. The van der Waals surface area contributed by atoms with E-state index in [4.69, 9.17) is 4.52 Å². The number of rotatable bonds is 4. The van der Waals surface area contributed by atoms with Gasteiger partial charge in [-0.05, 0) is 24.5 Å². The highest BCUT2D eigenvalue weighted by Gasteiger charge is 2.36. The van der Waals surface area contributed by atoms with E-state index in [2.05, 4.69) is 20.0 Å². The summed E-state index contributed by atoms with van der Waals surface area (Å²) in [7, 11) is 5.26. The molecule has 1 unspecified atom stereocenters. The summed E-state index contributed by atoms with van der Waals surface area (Å²) in [5.41, 5.74) is -0.838. The molecule has 2 aromatic rings. The maximum Gasteiger partial charge on any atom is 0.434 e. The van der Waals surface area contributed by atoms with Crippen LogP contribution in [0.2, 0.25) is 0 Å². The number of hydrogen-bond donors (Lipinski definition) is 0. The van der Waals surface area contributed by atoms with Crippen molar-refractivity contribution in [1.82, 2.24) is 24.6 Å². The van der Waals surface area contributed by atoms with E-state index in [0.717, 1.165) is 25.6 Å². The second-order valence-corrected chi connectivity index (χ2v) is 6.55. The number of anilines is 1. The predicted molar refractivity (Wildman–Crippen MR) is 84.1 cm³/mol. The molecule has 1 aliphatic rings. The molecule has 0 aliphatic carbocycles. The highest BCUT2D eigenvalue weighted by Crippen LogP contribution is 2.32. The van der Waals surface area contributed by atoms with Crippen LogP contribution >= 0.6 is 0 Å². The minimum absolute atomic E-state index is 0.0499. The van der Waals surface area contributed by atoms with Crippen LogP contribution in [0, 0.1) is 0 Å². The number of aromatic nitrogens is 4. The summed E-state index contributed by atoms with van der Waals surface area (Å²) in [5.74, 6) is 1.42. The van der Waals surface area contributed by atoms with E-state index in [9.17, 15) is 13.2 Å². The fourth-order valence-corrected chi connectivity index (χ4v) is 3.09. The third-order valence-corrected chi connectivity index (χ3v) is 4.29. The first-order valence-corrected chi connectivity index (χ1v) is 8.06. The van der Waals surface area contributed by atoms with Crippen molar-refractivity contribution in [1.29, 1.82) is 0 Å². The monoisotopic (exact) mass is 358 g/mol. The Bertz CT molecular complexity index is 723. The van der Waals surface area contributed by atoms with Crippen molar-refractivity contribution in [3.63, 3.8) is 0 Å². The highest BCUT2D eigenvalue weighted by atomic mass is 19.4. The molecule has 1 aliphatic heterocycles. The van der Waals surface area contributed by atoms with E-state index >= 15 is 0 Å². The Morgan fingerprint density at radius 2 is 2.08 bits per heavy atom. The number of imidazole rings is 1. The first kappa shape index (κ1) is 17.7. The van der Waals surface area contributed by atoms with Gasteiger partial charge in [0.05, 0.1) is 6.54 Å². The lowest BCUT2D eigenvalue weighted by Crippen LogP contribution is -2.35. The standard InChI is InChI=1S/C15H21F3N6O/c1-22(2)14-20-12(25-21-14)9-24-6-4-5-10(7-24)13-19-11(8-23(13)3)15(16,17)18/h8,10H,4-7,9H2,1-3H3. The molecule has 3 rings (SSSR count). The third-order valence-electron chi connectivity index (χ3n) is 4.29. The Hall–Kier alpha value is -2.10. The quantitative estimate of drug-likeness (QED) is 0.836. The van der Waals surface area contributed by atoms with E-state index < -0.39 is 11.9 Å². The largest absolute Gasteiger partial charge is 0.434 e. The van der Waals surface area contributed by atoms with Gasteiger partial charge in [0.25, 0.3) is 5.95 Å². The summed E-state index contributed by atoms with van der Waals surface area (Å²) >= 11 is 0. The third kappa shape index (κ3) is 3.94. The van der Waals surface area contributed by atoms with Crippen LogP contribution in [0.3, 0.4) is 0 Å². The average molecular weight is 358 g/mol. The van der Waals surface area contributed by atoms with Crippen LogP contribution in [0.4, 0.5) is 19.1 Å². The predicted octanol–water partition coefficient (Wildman–Crippen LogP) is 2.27. The van der Waals surface area contributed by atoms with E-state index in [-0.39, 0.29) is 5.92 Å². The van der Waals surface area contributed by atoms with Gasteiger partial charge in [-0.2, -0.15) is 18.2 Å². The number of nitrogens with zero attached hydrogens (tertiary/aromatic N) is 6. The minimum atomic E-state index is -4.42. The van der Waals surface area contributed by atoms with Crippen LogP contribution in [-0.4, -0.2) is 51.8 Å². The number of hydrogen-bond acceptors (Lipinski definition) is 6. The van der Waals surface area contributed by atoms with E-state index in [0.29, 0.717) is 30.8 Å². The summed E-state index contributed by atoms with van der Waals surface area (Å²) in [6.07, 6.45) is -1.68. The molecule has 0 spiro atoms. The van der Waals surface area contributed by atoms with Gasteiger partial charge in [0, 0.05) is 39.8 Å². The normalized spacial score (nSPS) is 19.4. The molecule has 138 valence electrons. The molecule has 1 fully saturated rings. The minimum Gasteiger partial charge on any atom is -0.344 e. The molecule has 1 saturated heterocycles. The molecule has 0 N–H and O–H groups in total. The molecule has 0 amide bonds. The Morgan fingerprint density at radius 1 is 1.32 bits per heavy atom. The van der Waals surface area contributed by atoms with Crippen molar-refractivity contribution in [3.05, 3.63) is 23.6 Å². The molecular formula is C15H21F3N6O. The van der Waals surface area contributed by atoms with Crippen LogP contribution in [0.25, 0.3) is 0 Å². The Balaban J connectivity index is 1.69. The second kappa shape index (κ2) is 6.66. The van der Waals surface area contributed by atoms with E-state index in [1.165, 1.54) is 4.57 Å². The van der Waals surface area contributed by atoms with Gasteiger partial charge < -0.3 is 14.0 Å². The number of likely N-dealkylation sites (tertiary alicyclic amines) is 1. The number of aryl methyl sites for hydroxylation is 1. The Labute approximate surface area is 143 Å². The average Bonchev–Trinajstić information content (AvgIpc) is 3.14. The van der Waals surface area contributed by atoms with Crippen molar-refractivity contribution >= 4 is 5.95 Å². The van der Waals surface area contributed by atoms with Crippen molar-refractivity contribution in [2.75, 3.05) is 32.1 Å². The first-order valence-electron chi connectivity index (χ1n) is 8.06. The molecule has 0 radical (unpaired) electrons. The van der Waals surface area contributed by atoms with Crippen LogP contribution in [0.5, 0.6) is 0 Å². The maximum absolute atomic E-state index is 12.9. The van der Waals surface area contributed by atoms with E-state index in [1.54, 1.807) is 11.9 Å². The first-order chi connectivity index (χ1) is 11.7. The van der Waals surface area contributed by atoms with Crippen LogP contribution < -0.4 is 4.90 Å². The SMILES string of the molecule is CN(C)c1noc(CN2CCCC(c3nc(C(F)(F)F)cn3C)C2)n1. The van der Waals surface area contributed by atoms with Gasteiger partial charge in [-0.3, -0.25) is 4.90 Å². The number of alkyl halides is 3. The number of piperidine rings is 1.